The van der Waals surface area contributed by atoms with Gasteiger partial charge in [0.15, 0.2) is 11.4 Å². The maximum Gasteiger partial charge on any atom is 0.195 e. The molecular weight excluding hydrogens is 278 g/mol. The van der Waals surface area contributed by atoms with E-state index < -0.39 is 0 Å². The quantitative estimate of drug-likeness (QED) is 0.855. The number of nitrogens with zero attached hydrogens (tertiary/aromatic N) is 5. The summed E-state index contributed by atoms with van der Waals surface area (Å²) in [7, 11) is 0. The summed E-state index contributed by atoms with van der Waals surface area (Å²) in [6.07, 6.45) is 3.46. The van der Waals surface area contributed by atoms with E-state index in [0.29, 0.717) is 12.1 Å². The smallest absolute Gasteiger partial charge is 0.195 e. The molecule has 2 saturated heterocycles. The van der Waals surface area contributed by atoms with Gasteiger partial charge in [-0.15, -0.1) is 5.10 Å². The highest BCUT2D eigenvalue weighted by molar-refractivity contribution is 5.86. The van der Waals surface area contributed by atoms with Crippen LogP contribution in [-0.2, 0) is 0 Å². The van der Waals surface area contributed by atoms with Crippen LogP contribution < -0.4 is 4.90 Å². The second-order valence-electron chi connectivity index (χ2n) is 6.60. The summed E-state index contributed by atoms with van der Waals surface area (Å²) in [5.41, 5.74) is 0.859. The molecule has 6 heteroatoms. The molecule has 0 atom stereocenters. The molecule has 0 radical (unpaired) electrons. The molecule has 6 nitrogen and oxygen atoms in total. The lowest BCUT2D eigenvalue weighted by Gasteiger charge is -2.48. The van der Waals surface area contributed by atoms with Crippen LogP contribution in [0.5, 0.6) is 0 Å². The Morgan fingerprint density at radius 2 is 1.95 bits per heavy atom. The van der Waals surface area contributed by atoms with E-state index in [2.05, 4.69) is 38.7 Å². The lowest BCUT2D eigenvalue weighted by atomic mass is 10.1. The molecule has 0 bridgehead atoms. The number of piperazine rings is 1. The Kier molecular flexibility index (Phi) is 3.50. The summed E-state index contributed by atoms with van der Waals surface area (Å²) in [4.78, 5) is 7.45. The van der Waals surface area contributed by atoms with Crippen molar-refractivity contribution in [2.24, 2.45) is 0 Å². The Morgan fingerprint density at radius 1 is 1.18 bits per heavy atom. The van der Waals surface area contributed by atoms with Crippen molar-refractivity contribution in [2.45, 2.75) is 25.9 Å². The molecule has 0 spiro atoms. The van der Waals surface area contributed by atoms with Crippen molar-refractivity contribution in [3.8, 4) is 0 Å². The number of anilines is 1. The Morgan fingerprint density at radius 3 is 2.68 bits per heavy atom. The molecule has 2 aliphatic heterocycles. The molecule has 0 unspecified atom stereocenters. The average molecular weight is 301 g/mol. The maximum atomic E-state index is 5.56. The third-order valence-corrected chi connectivity index (χ3v) is 5.01. The molecule has 4 heterocycles. The Balaban J connectivity index is 1.38. The Hall–Kier alpha value is -1.66. The molecule has 4 rings (SSSR count). The van der Waals surface area contributed by atoms with Crippen LogP contribution >= 0.6 is 0 Å². The van der Waals surface area contributed by atoms with Crippen LogP contribution in [0.2, 0.25) is 0 Å². The van der Waals surface area contributed by atoms with Crippen LogP contribution in [0.3, 0.4) is 0 Å². The molecular formula is C16H23N5O. The maximum absolute atomic E-state index is 5.56. The van der Waals surface area contributed by atoms with Crippen LogP contribution in [-0.4, -0.2) is 71.3 Å². The summed E-state index contributed by atoms with van der Waals surface area (Å²) in [5, 5.41) is 9.38. The first-order valence-corrected chi connectivity index (χ1v) is 8.14. The molecule has 0 aliphatic carbocycles. The topological polar surface area (TPSA) is 48.6 Å². The van der Waals surface area contributed by atoms with Crippen molar-refractivity contribution >= 4 is 16.8 Å². The van der Waals surface area contributed by atoms with E-state index in [0.717, 1.165) is 29.9 Å². The van der Waals surface area contributed by atoms with Crippen LogP contribution in [0.15, 0.2) is 22.9 Å². The summed E-state index contributed by atoms with van der Waals surface area (Å²) in [6.45, 7) is 11.3. The van der Waals surface area contributed by atoms with Crippen molar-refractivity contribution < 1.29 is 4.42 Å². The first-order chi connectivity index (χ1) is 10.7. The molecule has 0 amide bonds. The lowest BCUT2D eigenvalue weighted by molar-refractivity contribution is 0.0676. The van der Waals surface area contributed by atoms with Gasteiger partial charge in [-0.3, -0.25) is 9.80 Å². The third-order valence-electron chi connectivity index (χ3n) is 5.01. The van der Waals surface area contributed by atoms with Gasteiger partial charge in [-0.05, 0) is 19.9 Å². The monoisotopic (exact) mass is 301 g/mol. The Labute approximate surface area is 130 Å². The van der Waals surface area contributed by atoms with Gasteiger partial charge in [0.25, 0.3) is 0 Å². The Bertz CT molecular complexity index is 641. The van der Waals surface area contributed by atoms with Crippen LogP contribution in [0.4, 0.5) is 5.82 Å². The van der Waals surface area contributed by atoms with Crippen LogP contribution in [0.1, 0.15) is 13.8 Å². The number of rotatable bonds is 3. The average Bonchev–Trinajstić information content (AvgIpc) is 2.95. The van der Waals surface area contributed by atoms with E-state index in [1.165, 1.54) is 26.2 Å². The second-order valence-corrected chi connectivity index (χ2v) is 6.60. The van der Waals surface area contributed by atoms with Gasteiger partial charge in [-0.1, -0.05) is 0 Å². The molecule has 2 aromatic rings. The number of hydrogen-bond acceptors (Lipinski definition) is 6. The van der Waals surface area contributed by atoms with Crippen molar-refractivity contribution in [3.05, 3.63) is 18.5 Å². The zero-order valence-electron chi connectivity index (χ0n) is 13.3. The summed E-state index contributed by atoms with van der Waals surface area (Å²) in [6, 6.07) is 3.24. The van der Waals surface area contributed by atoms with Gasteiger partial charge in [0.2, 0.25) is 0 Å². The van der Waals surface area contributed by atoms with Gasteiger partial charge in [0.1, 0.15) is 0 Å². The molecule has 22 heavy (non-hydrogen) atoms. The fraction of sp³-hybridized carbons (Fsp3) is 0.625. The van der Waals surface area contributed by atoms with Gasteiger partial charge in [0.05, 0.1) is 12.5 Å². The van der Waals surface area contributed by atoms with Crippen molar-refractivity contribution in [2.75, 3.05) is 44.2 Å². The van der Waals surface area contributed by atoms with Gasteiger partial charge in [0, 0.05) is 56.7 Å². The predicted molar refractivity (Wildman–Crippen MR) is 86.1 cm³/mol. The summed E-state index contributed by atoms with van der Waals surface area (Å²) in [5.74, 6) is 0.888. The number of hydrogen-bond donors (Lipinski definition) is 0. The first kappa shape index (κ1) is 14.0. The van der Waals surface area contributed by atoms with Crippen LogP contribution in [0, 0.1) is 0 Å². The van der Waals surface area contributed by atoms with Crippen molar-refractivity contribution in [1.82, 2.24) is 20.0 Å². The molecule has 0 saturated carbocycles. The summed E-state index contributed by atoms with van der Waals surface area (Å²) >= 11 is 0. The number of fused-ring (bicyclic) bond motifs is 1. The van der Waals surface area contributed by atoms with E-state index in [9.17, 15) is 0 Å². The van der Waals surface area contributed by atoms with Crippen molar-refractivity contribution in [3.63, 3.8) is 0 Å². The normalized spacial score (nSPS) is 21.7. The van der Waals surface area contributed by atoms with Gasteiger partial charge < -0.3 is 9.32 Å². The zero-order valence-corrected chi connectivity index (χ0v) is 13.3. The molecule has 0 N–H and O–H groups in total. The molecule has 118 valence electrons. The minimum absolute atomic E-state index is 0.640. The van der Waals surface area contributed by atoms with Crippen molar-refractivity contribution in [1.29, 1.82) is 0 Å². The minimum atomic E-state index is 0.640. The fourth-order valence-corrected chi connectivity index (χ4v) is 3.48. The second kappa shape index (κ2) is 5.52. The van der Waals surface area contributed by atoms with E-state index in [1.54, 1.807) is 12.5 Å². The van der Waals surface area contributed by atoms with E-state index in [4.69, 9.17) is 4.42 Å². The molecule has 2 aliphatic rings. The molecule has 2 fully saturated rings. The van der Waals surface area contributed by atoms with Gasteiger partial charge in [-0.25, -0.2) is 0 Å². The molecule has 0 aromatic carbocycles. The highest BCUT2D eigenvalue weighted by Crippen LogP contribution is 2.29. The predicted octanol–water partition coefficient (Wildman–Crippen LogP) is 1.44. The SMILES string of the molecule is CC(C)N1CCN(C2CN(c3nncc4ccoc34)C2)CC1. The lowest BCUT2D eigenvalue weighted by Crippen LogP contribution is -2.63. The van der Waals surface area contributed by atoms with Gasteiger partial charge in [-0.2, -0.15) is 5.10 Å². The summed E-state index contributed by atoms with van der Waals surface area (Å²) < 4.78 is 5.56. The third kappa shape index (κ3) is 2.36. The van der Waals surface area contributed by atoms with E-state index in [1.807, 2.05) is 6.07 Å². The largest absolute Gasteiger partial charge is 0.460 e. The number of aromatic nitrogens is 2. The molecule has 2 aromatic heterocycles. The van der Waals surface area contributed by atoms with E-state index in [-0.39, 0.29) is 0 Å². The van der Waals surface area contributed by atoms with E-state index >= 15 is 0 Å². The highest BCUT2D eigenvalue weighted by Gasteiger charge is 2.35. The fourth-order valence-electron chi connectivity index (χ4n) is 3.48. The first-order valence-electron chi connectivity index (χ1n) is 8.14. The van der Waals surface area contributed by atoms with Crippen LogP contribution in [0.25, 0.3) is 11.0 Å². The zero-order chi connectivity index (χ0) is 15.1. The minimum Gasteiger partial charge on any atom is -0.460 e. The van der Waals surface area contributed by atoms with Gasteiger partial charge >= 0.3 is 0 Å². The number of furan rings is 1. The highest BCUT2D eigenvalue weighted by atomic mass is 16.3. The standard InChI is InChI=1S/C16H23N5O/c1-12(2)19-4-6-20(7-5-19)14-10-21(11-14)16-15-13(3-8-22-15)9-17-18-16/h3,8-9,12,14H,4-7,10-11H2,1-2H3.